The van der Waals surface area contributed by atoms with Crippen molar-refractivity contribution in [3.8, 4) is 12.1 Å². The van der Waals surface area contributed by atoms with E-state index in [9.17, 15) is 9.65 Å². The van der Waals surface area contributed by atoms with Gasteiger partial charge in [0.25, 0.3) is 0 Å². The number of aromatic nitrogens is 2. The van der Waals surface area contributed by atoms with E-state index in [-0.39, 0.29) is 24.9 Å². The molecule has 0 aliphatic carbocycles. The predicted octanol–water partition coefficient (Wildman–Crippen LogP) is 6.80. The summed E-state index contributed by atoms with van der Waals surface area (Å²) in [6.07, 6.45) is 2.62. The fourth-order valence-electron chi connectivity index (χ4n) is 9.58. The van der Waals surface area contributed by atoms with E-state index >= 15 is 0 Å². The zero-order chi connectivity index (χ0) is 37.4. The van der Waals surface area contributed by atoms with Gasteiger partial charge >= 0.3 is 6.01 Å². The van der Waals surface area contributed by atoms with Crippen molar-refractivity contribution < 1.29 is 23.3 Å². The molecule has 0 unspecified atom stereocenters. The quantitative estimate of drug-likeness (QED) is 0.182. The first-order valence-electron chi connectivity index (χ1n) is 19.8. The van der Waals surface area contributed by atoms with Crippen molar-refractivity contribution in [2.75, 3.05) is 62.4 Å². The molecule has 1 aromatic heterocycles. The third-order valence-corrected chi connectivity index (χ3v) is 12.3. The van der Waals surface area contributed by atoms with E-state index in [1.807, 2.05) is 19.1 Å². The molecule has 0 bridgehead atoms. The highest BCUT2D eigenvalue weighted by Crippen LogP contribution is 2.49. The summed E-state index contributed by atoms with van der Waals surface area (Å²) in [5, 5.41) is 11.1. The number of fused-ring (bicyclic) bond motifs is 4. The molecular formula is C44H49FN6O4. The Morgan fingerprint density at radius 1 is 0.964 bits per heavy atom. The van der Waals surface area contributed by atoms with Crippen LogP contribution in [0.5, 0.6) is 6.01 Å². The molecule has 1 spiro atoms. The number of ether oxygens (including phenoxy) is 4. The van der Waals surface area contributed by atoms with Crippen LogP contribution in [-0.4, -0.2) is 79.2 Å². The van der Waals surface area contributed by atoms with Crippen LogP contribution in [0.4, 0.5) is 15.9 Å². The molecule has 4 atom stereocenters. The number of hydrogen-bond acceptors (Lipinski definition) is 10. The van der Waals surface area contributed by atoms with E-state index in [1.54, 1.807) is 0 Å². The number of nitrogens with zero attached hydrogens (tertiary/aromatic N) is 6. The van der Waals surface area contributed by atoms with Gasteiger partial charge in [-0.05, 0) is 55.5 Å². The lowest BCUT2D eigenvalue weighted by Gasteiger charge is -2.45. The molecule has 286 valence electrons. The van der Waals surface area contributed by atoms with Crippen LogP contribution in [0, 0.1) is 11.3 Å². The Labute approximate surface area is 322 Å². The molecule has 5 aliphatic rings. The molecule has 5 aliphatic heterocycles. The summed E-state index contributed by atoms with van der Waals surface area (Å²) in [7, 11) is 0. The zero-order valence-corrected chi connectivity index (χ0v) is 31.6. The first-order valence-corrected chi connectivity index (χ1v) is 19.8. The second kappa shape index (κ2) is 15.1. The Kier molecular flexibility index (Phi) is 9.93. The molecule has 11 heteroatoms. The van der Waals surface area contributed by atoms with Crippen LogP contribution >= 0.6 is 0 Å². The van der Waals surface area contributed by atoms with Crippen molar-refractivity contribution in [3.63, 3.8) is 0 Å². The van der Waals surface area contributed by atoms with Gasteiger partial charge < -0.3 is 28.7 Å². The average molecular weight is 745 g/mol. The van der Waals surface area contributed by atoms with E-state index in [2.05, 4.69) is 81.4 Å². The highest BCUT2D eigenvalue weighted by molar-refractivity contribution is 5.67. The molecule has 4 aromatic rings. The Bertz CT molecular complexity index is 2000. The van der Waals surface area contributed by atoms with Crippen LogP contribution in [0.25, 0.3) is 0 Å². The number of alkyl halides is 1. The Morgan fingerprint density at radius 2 is 1.75 bits per heavy atom. The van der Waals surface area contributed by atoms with Crippen LogP contribution in [0.2, 0.25) is 0 Å². The molecule has 3 saturated heterocycles. The van der Waals surface area contributed by atoms with E-state index < -0.39 is 11.8 Å². The fourth-order valence-corrected chi connectivity index (χ4v) is 9.58. The molecule has 55 heavy (non-hydrogen) atoms. The first kappa shape index (κ1) is 36.1. The van der Waals surface area contributed by atoms with E-state index in [1.165, 1.54) is 0 Å². The normalized spacial score (nSPS) is 26.2. The lowest BCUT2D eigenvalue weighted by Crippen LogP contribution is -2.46. The van der Waals surface area contributed by atoms with Crippen molar-refractivity contribution in [1.29, 1.82) is 5.26 Å². The molecule has 9 rings (SSSR count). The van der Waals surface area contributed by atoms with Crippen molar-refractivity contribution in [1.82, 2.24) is 14.9 Å². The van der Waals surface area contributed by atoms with E-state index in [4.69, 9.17) is 28.9 Å². The fraction of sp³-hybridized carbons (Fsp3) is 0.477. The zero-order valence-electron chi connectivity index (χ0n) is 31.6. The van der Waals surface area contributed by atoms with Gasteiger partial charge in [-0.1, -0.05) is 66.7 Å². The number of anilines is 2. The highest BCUT2D eigenvalue weighted by atomic mass is 19.1. The standard InChI is InChI=1S/C44H49FN6O4/c1-31-35-14-15-39(50(25-32-10-4-2-5-11-32)26-33-12-6-3-7-13-33)36(24-46)40(35)44(30-53-31)23-38-37(28-55-44)41(49-17-9-20-52-21-19-49)48-42(47-38)54-29-43-16-8-18-51(43)27-34(45)22-43/h2-7,10-15,31,34H,8-9,16-23,25-30H2,1H3/t31-,34-,43+,44-/m1/s1. The van der Waals surface area contributed by atoms with Crippen molar-refractivity contribution in [2.45, 2.75) is 82.1 Å². The first-order chi connectivity index (χ1) is 26.9. The molecule has 0 saturated carbocycles. The Balaban J connectivity index is 1.11. The van der Waals surface area contributed by atoms with Crippen molar-refractivity contribution >= 4 is 11.5 Å². The minimum atomic E-state index is -0.959. The van der Waals surface area contributed by atoms with Crippen LogP contribution in [0.1, 0.15) is 77.8 Å². The molecule has 3 aromatic carbocycles. The lowest BCUT2D eigenvalue weighted by molar-refractivity contribution is -0.148. The summed E-state index contributed by atoms with van der Waals surface area (Å²) in [5.41, 5.74) is 6.06. The van der Waals surface area contributed by atoms with Crippen LogP contribution < -0.4 is 14.5 Å². The van der Waals surface area contributed by atoms with Gasteiger partial charge in [-0.25, -0.2) is 4.39 Å². The van der Waals surface area contributed by atoms with Gasteiger partial charge in [0, 0.05) is 63.3 Å². The van der Waals surface area contributed by atoms with E-state index in [0.717, 1.165) is 77.4 Å². The maximum absolute atomic E-state index is 14.7. The molecule has 0 radical (unpaired) electrons. The predicted molar refractivity (Wildman–Crippen MR) is 207 cm³/mol. The number of halogens is 1. The second-order valence-corrected chi connectivity index (χ2v) is 15.8. The summed E-state index contributed by atoms with van der Waals surface area (Å²) in [4.78, 5) is 17.0. The summed E-state index contributed by atoms with van der Waals surface area (Å²) in [6.45, 7) is 8.32. The van der Waals surface area contributed by atoms with Crippen LogP contribution in [-0.2, 0) is 45.9 Å². The average Bonchev–Trinajstić information content (AvgIpc) is 3.59. The summed E-state index contributed by atoms with van der Waals surface area (Å²) < 4.78 is 40.5. The molecule has 6 heterocycles. The Hall–Kier alpha value is -4.60. The minimum absolute atomic E-state index is 0.222. The smallest absolute Gasteiger partial charge is 0.318 e. The van der Waals surface area contributed by atoms with Gasteiger partial charge in [-0.15, -0.1) is 0 Å². The topological polar surface area (TPSA) is 96.2 Å². The maximum atomic E-state index is 14.7. The molecule has 10 nitrogen and oxygen atoms in total. The van der Waals surface area contributed by atoms with Crippen LogP contribution in [0.15, 0.2) is 72.8 Å². The molecule has 0 amide bonds. The molecule has 3 fully saturated rings. The van der Waals surface area contributed by atoms with Gasteiger partial charge in [0.15, 0.2) is 0 Å². The maximum Gasteiger partial charge on any atom is 0.318 e. The molecular weight excluding hydrogens is 696 g/mol. The van der Waals surface area contributed by atoms with Gasteiger partial charge in [-0.3, -0.25) is 4.90 Å². The number of nitriles is 1. The third-order valence-electron chi connectivity index (χ3n) is 12.3. The van der Waals surface area contributed by atoms with Crippen molar-refractivity contribution in [2.24, 2.45) is 0 Å². The summed E-state index contributed by atoms with van der Waals surface area (Å²) in [5.74, 6) is 0.799. The van der Waals surface area contributed by atoms with Gasteiger partial charge in [0.1, 0.15) is 30.3 Å². The lowest BCUT2D eigenvalue weighted by atomic mass is 9.77. The third kappa shape index (κ3) is 6.95. The number of rotatable bonds is 9. The monoisotopic (exact) mass is 744 g/mol. The molecule has 0 N–H and O–H groups in total. The Morgan fingerprint density at radius 3 is 2.51 bits per heavy atom. The second-order valence-electron chi connectivity index (χ2n) is 15.8. The summed E-state index contributed by atoms with van der Waals surface area (Å²) in [6, 6.07) is 27.9. The van der Waals surface area contributed by atoms with Gasteiger partial charge in [0.2, 0.25) is 0 Å². The number of benzene rings is 3. The van der Waals surface area contributed by atoms with Gasteiger partial charge in [0.05, 0.1) is 48.4 Å². The van der Waals surface area contributed by atoms with Gasteiger partial charge in [-0.2, -0.15) is 15.2 Å². The largest absolute Gasteiger partial charge is 0.461 e. The van der Waals surface area contributed by atoms with Crippen LogP contribution in [0.3, 0.4) is 0 Å². The minimum Gasteiger partial charge on any atom is -0.461 e. The summed E-state index contributed by atoms with van der Waals surface area (Å²) >= 11 is 0. The number of hydrogen-bond donors (Lipinski definition) is 0. The van der Waals surface area contributed by atoms with E-state index in [0.29, 0.717) is 70.4 Å². The SMILES string of the molecule is C[C@H]1OC[C@]2(Cc3nc(OC[C@@]45CCCN4C[C@H](F)C5)nc(N4CCCOCC4)c3CO2)c2c1ccc(N(Cc1ccccc1)Cc1ccccc1)c2C#N. The van der Waals surface area contributed by atoms with Crippen molar-refractivity contribution in [3.05, 3.63) is 112 Å². The highest BCUT2D eigenvalue weighted by Gasteiger charge is 2.50.